The maximum atomic E-state index is 14.0. The first-order chi connectivity index (χ1) is 12.0. The number of nitrogens with one attached hydrogen (secondary N) is 1. The molecule has 1 aromatic carbocycles. The normalized spacial score (nSPS) is 21.3. The fourth-order valence-electron chi connectivity index (χ4n) is 3.84. The predicted octanol–water partition coefficient (Wildman–Crippen LogP) is 3.40. The fraction of sp³-hybridized carbons (Fsp3) is 0.632. The number of carbonyl (C=O) groups excluding carboxylic acids is 1. The van der Waals surface area contributed by atoms with Gasteiger partial charge in [-0.3, -0.25) is 9.69 Å². The molecule has 2 fully saturated rings. The van der Waals surface area contributed by atoms with Crippen molar-refractivity contribution >= 4 is 30.7 Å². The van der Waals surface area contributed by atoms with Crippen LogP contribution in [-0.2, 0) is 4.79 Å². The summed E-state index contributed by atoms with van der Waals surface area (Å²) >= 11 is 0. The topological polar surface area (TPSA) is 35.6 Å². The van der Waals surface area contributed by atoms with Gasteiger partial charge >= 0.3 is 0 Å². The first-order valence-corrected chi connectivity index (χ1v) is 9.22. The first kappa shape index (κ1) is 24.1. The zero-order chi connectivity index (χ0) is 17.8. The SMILES string of the molecule is CC(c1ccc(F)cc1F)N1CCN(C(=O)CCC2CCNC2)CC1.Cl.Cl. The molecule has 2 heterocycles. The van der Waals surface area contributed by atoms with Gasteiger partial charge in [0.05, 0.1) is 0 Å². The molecule has 0 saturated carbocycles. The Hall–Kier alpha value is -0.950. The zero-order valence-electron chi connectivity index (χ0n) is 15.6. The highest BCUT2D eigenvalue weighted by Gasteiger charge is 2.26. The molecule has 2 aliphatic heterocycles. The standard InChI is InChI=1S/C19H27F2N3O.2ClH/c1-14(17-4-3-16(20)12-18(17)21)23-8-10-24(11-9-23)19(25)5-2-15-6-7-22-13-15;;/h3-4,12,14-15,22H,2,5-11,13H2,1H3;2*1H. The molecule has 0 radical (unpaired) electrons. The van der Waals surface area contributed by atoms with E-state index in [1.54, 1.807) is 0 Å². The van der Waals surface area contributed by atoms with Crippen LogP contribution in [0.2, 0.25) is 0 Å². The maximum Gasteiger partial charge on any atom is 0.222 e. The Morgan fingerprint density at radius 3 is 2.52 bits per heavy atom. The molecule has 1 amide bonds. The second-order valence-corrected chi connectivity index (χ2v) is 7.16. The van der Waals surface area contributed by atoms with Gasteiger partial charge in [-0.2, -0.15) is 0 Å². The number of carbonyl (C=O) groups is 1. The van der Waals surface area contributed by atoms with E-state index >= 15 is 0 Å². The minimum Gasteiger partial charge on any atom is -0.340 e. The van der Waals surface area contributed by atoms with Crippen LogP contribution >= 0.6 is 24.8 Å². The van der Waals surface area contributed by atoms with Gasteiger partial charge in [0.1, 0.15) is 11.6 Å². The molecule has 154 valence electrons. The van der Waals surface area contributed by atoms with Crippen molar-refractivity contribution in [2.24, 2.45) is 5.92 Å². The average Bonchev–Trinajstić information content (AvgIpc) is 3.13. The molecule has 0 spiro atoms. The Labute approximate surface area is 172 Å². The Kier molecular flexibility index (Phi) is 9.95. The van der Waals surface area contributed by atoms with Crippen molar-refractivity contribution in [3.05, 3.63) is 35.4 Å². The van der Waals surface area contributed by atoms with Gasteiger partial charge in [0.25, 0.3) is 0 Å². The summed E-state index contributed by atoms with van der Waals surface area (Å²) in [6, 6.07) is 3.63. The summed E-state index contributed by atoms with van der Waals surface area (Å²) in [4.78, 5) is 16.5. The molecule has 2 unspecified atom stereocenters. The number of amides is 1. The molecule has 2 saturated heterocycles. The van der Waals surface area contributed by atoms with Crippen molar-refractivity contribution in [2.45, 2.75) is 32.2 Å². The quantitative estimate of drug-likeness (QED) is 0.787. The molecule has 0 aliphatic carbocycles. The third kappa shape index (κ3) is 6.28. The van der Waals surface area contributed by atoms with Gasteiger partial charge in [-0.05, 0) is 44.8 Å². The number of nitrogens with zero attached hydrogens (tertiary/aromatic N) is 2. The molecular weight excluding hydrogens is 395 g/mol. The molecule has 4 nitrogen and oxygen atoms in total. The molecule has 27 heavy (non-hydrogen) atoms. The number of halogens is 4. The summed E-state index contributed by atoms with van der Waals surface area (Å²) in [6.45, 7) is 6.81. The lowest BCUT2D eigenvalue weighted by atomic mass is 10.0. The Balaban J connectivity index is 0.00000182. The maximum absolute atomic E-state index is 14.0. The van der Waals surface area contributed by atoms with Crippen molar-refractivity contribution in [3.63, 3.8) is 0 Å². The lowest BCUT2D eigenvalue weighted by Gasteiger charge is -2.38. The lowest BCUT2D eigenvalue weighted by molar-refractivity contribution is -0.133. The highest BCUT2D eigenvalue weighted by atomic mass is 35.5. The van der Waals surface area contributed by atoms with Crippen LogP contribution in [0.5, 0.6) is 0 Å². The summed E-state index contributed by atoms with van der Waals surface area (Å²) in [5.74, 6) is -0.198. The van der Waals surface area contributed by atoms with Crippen LogP contribution in [0.25, 0.3) is 0 Å². The second kappa shape index (κ2) is 11.1. The monoisotopic (exact) mass is 423 g/mol. The first-order valence-electron chi connectivity index (χ1n) is 9.22. The van der Waals surface area contributed by atoms with E-state index in [1.807, 2.05) is 11.8 Å². The molecule has 0 aromatic heterocycles. The zero-order valence-corrected chi connectivity index (χ0v) is 17.3. The fourth-order valence-corrected chi connectivity index (χ4v) is 3.84. The van der Waals surface area contributed by atoms with E-state index in [0.29, 0.717) is 44.1 Å². The summed E-state index contributed by atoms with van der Waals surface area (Å²) in [7, 11) is 0. The van der Waals surface area contributed by atoms with Crippen LogP contribution in [0.3, 0.4) is 0 Å². The molecule has 8 heteroatoms. The predicted molar refractivity (Wildman–Crippen MR) is 108 cm³/mol. The smallest absolute Gasteiger partial charge is 0.222 e. The number of benzene rings is 1. The molecule has 1 aromatic rings. The van der Waals surface area contributed by atoms with Crippen molar-refractivity contribution < 1.29 is 13.6 Å². The van der Waals surface area contributed by atoms with E-state index in [9.17, 15) is 13.6 Å². The number of hydrogen-bond donors (Lipinski definition) is 1. The van der Waals surface area contributed by atoms with E-state index in [1.165, 1.54) is 18.6 Å². The Morgan fingerprint density at radius 1 is 1.22 bits per heavy atom. The summed E-state index contributed by atoms with van der Waals surface area (Å²) in [6.07, 6.45) is 2.75. The van der Waals surface area contributed by atoms with Gasteiger partial charge in [0, 0.05) is 50.3 Å². The van der Waals surface area contributed by atoms with E-state index in [-0.39, 0.29) is 36.8 Å². The minimum absolute atomic E-state index is 0. The summed E-state index contributed by atoms with van der Waals surface area (Å²) < 4.78 is 27.0. The van der Waals surface area contributed by atoms with Gasteiger partial charge in [-0.25, -0.2) is 8.78 Å². The van der Waals surface area contributed by atoms with Gasteiger partial charge in [-0.15, -0.1) is 24.8 Å². The van der Waals surface area contributed by atoms with Crippen LogP contribution in [0.15, 0.2) is 18.2 Å². The van der Waals surface area contributed by atoms with Gasteiger partial charge in [-0.1, -0.05) is 6.07 Å². The van der Waals surface area contributed by atoms with Crippen molar-refractivity contribution in [2.75, 3.05) is 39.3 Å². The second-order valence-electron chi connectivity index (χ2n) is 7.16. The van der Waals surface area contributed by atoms with Crippen LogP contribution in [0.4, 0.5) is 8.78 Å². The molecular formula is C19H29Cl2F2N3O. The Morgan fingerprint density at radius 2 is 1.93 bits per heavy atom. The van der Waals surface area contributed by atoms with Crippen molar-refractivity contribution in [1.29, 1.82) is 0 Å². The van der Waals surface area contributed by atoms with Gasteiger partial charge in [0.2, 0.25) is 5.91 Å². The van der Waals surface area contributed by atoms with Gasteiger partial charge in [0.15, 0.2) is 0 Å². The highest BCUT2D eigenvalue weighted by Crippen LogP contribution is 2.25. The lowest BCUT2D eigenvalue weighted by Crippen LogP contribution is -2.49. The molecule has 2 atom stereocenters. The van der Waals surface area contributed by atoms with Crippen molar-refractivity contribution in [1.82, 2.24) is 15.1 Å². The minimum atomic E-state index is -0.554. The van der Waals surface area contributed by atoms with Gasteiger partial charge < -0.3 is 10.2 Å². The van der Waals surface area contributed by atoms with Crippen LogP contribution in [0.1, 0.15) is 37.8 Å². The molecule has 2 aliphatic rings. The highest BCUT2D eigenvalue weighted by molar-refractivity contribution is 5.85. The number of rotatable bonds is 5. The molecule has 0 bridgehead atoms. The molecule has 1 N–H and O–H groups in total. The third-order valence-corrected chi connectivity index (χ3v) is 5.56. The Bertz CT molecular complexity index is 607. The van der Waals surface area contributed by atoms with Crippen molar-refractivity contribution in [3.8, 4) is 0 Å². The largest absolute Gasteiger partial charge is 0.340 e. The van der Waals surface area contributed by atoms with E-state index in [2.05, 4.69) is 10.2 Å². The molecule has 3 rings (SSSR count). The number of piperazine rings is 1. The van der Waals surface area contributed by atoms with Crippen LogP contribution in [0, 0.1) is 17.6 Å². The van der Waals surface area contributed by atoms with E-state index < -0.39 is 11.6 Å². The van der Waals surface area contributed by atoms with E-state index in [0.717, 1.165) is 25.6 Å². The number of hydrogen-bond acceptors (Lipinski definition) is 3. The van der Waals surface area contributed by atoms with Crippen LogP contribution < -0.4 is 5.32 Å². The average molecular weight is 424 g/mol. The summed E-state index contributed by atoms with van der Waals surface area (Å²) in [5, 5.41) is 3.33. The third-order valence-electron chi connectivity index (χ3n) is 5.56. The van der Waals surface area contributed by atoms with E-state index in [4.69, 9.17) is 0 Å². The van der Waals surface area contributed by atoms with Crippen LogP contribution in [-0.4, -0.2) is 55.0 Å². The summed E-state index contributed by atoms with van der Waals surface area (Å²) in [5.41, 5.74) is 0.509.